The zero-order chi connectivity index (χ0) is 19.1. The van der Waals surface area contributed by atoms with Gasteiger partial charge in [-0.15, -0.1) is 0 Å². The number of hydrogen-bond acceptors (Lipinski definition) is 3. The first kappa shape index (κ1) is 18.8. The Hall–Kier alpha value is -1.95. The first-order valence-corrected chi connectivity index (χ1v) is 9.33. The molecule has 0 radical (unpaired) electrons. The highest BCUT2D eigenvalue weighted by Crippen LogP contribution is 2.37. The fourth-order valence-electron chi connectivity index (χ4n) is 4.27. The summed E-state index contributed by atoms with van der Waals surface area (Å²) >= 11 is 0. The van der Waals surface area contributed by atoms with Crippen LogP contribution in [0.3, 0.4) is 0 Å². The van der Waals surface area contributed by atoms with E-state index in [1.165, 1.54) is 12.1 Å². The molecule has 1 unspecified atom stereocenters. The van der Waals surface area contributed by atoms with Gasteiger partial charge in [-0.05, 0) is 56.8 Å². The van der Waals surface area contributed by atoms with Gasteiger partial charge in [0.2, 0.25) is 5.91 Å². The first-order chi connectivity index (χ1) is 12.2. The largest absolute Gasteiger partial charge is 0.345 e. The van der Waals surface area contributed by atoms with Crippen LogP contribution >= 0.6 is 0 Å². The standard InChI is InChI=1S/C20H29FN4O/c1-6-15(20(4)9-10-22-12-20)18(26)23-19(2,3)17-14-8-7-13(21)11-16(14)25(5)24-17/h7-8,11,15,22H,6,9-10,12H2,1-5H3,(H,23,26)/t15-,20?/m0/s1. The maximum absolute atomic E-state index is 13.6. The normalized spacial score (nSPS) is 21.9. The molecule has 1 aromatic carbocycles. The number of nitrogens with zero attached hydrogens (tertiary/aromatic N) is 2. The van der Waals surface area contributed by atoms with Crippen molar-refractivity contribution in [3.05, 3.63) is 29.7 Å². The maximum atomic E-state index is 13.6. The van der Waals surface area contributed by atoms with Gasteiger partial charge in [-0.1, -0.05) is 13.8 Å². The third-order valence-corrected chi connectivity index (χ3v) is 5.81. The van der Waals surface area contributed by atoms with E-state index >= 15 is 0 Å². The average molecular weight is 360 g/mol. The van der Waals surface area contributed by atoms with E-state index in [2.05, 4.69) is 29.6 Å². The lowest BCUT2D eigenvalue weighted by atomic mass is 9.74. The zero-order valence-electron chi connectivity index (χ0n) is 16.3. The van der Waals surface area contributed by atoms with Crippen molar-refractivity contribution in [2.24, 2.45) is 18.4 Å². The van der Waals surface area contributed by atoms with Crippen LogP contribution in [0.25, 0.3) is 10.9 Å². The van der Waals surface area contributed by atoms with Crippen molar-refractivity contribution in [2.75, 3.05) is 13.1 Å². The summed E-state index contributed by atoms with van der Waals surface area (Å²) in [4.78, 5) is 13.1. The molecular formula is C20H29FN4O. The lowest BCUT2D eigenvalue weighted by Crippen LogP contribution is -2.48. The fraction of sp³-hybridized carbons (Fsp3) is 0.600. The Morgan fingerprint density at radius 1 is 1.50 bits per heavy atom. The van der Waals surface area contributed by atoms with Gasteiger partial charge >= 0.3 is 0 Å². The van der Waals surface area contributed by atoms with Gasteiger partial charge < -0.3 is 10.6 Å². The molecule has 6 heteroatoms. The molecule has 0 saturated carbocycles. The molecule has 2 aromatic rings. The summed E-state index contributed by atoms with van der Waals surface area (Å²) in [5.74, 6) is -0.282. The summed E-state index contributed by atoms with van der Waals surface area (Å²) in [6.45, 7) is 9.99. The molecule has 3 rings (SSSR count). The SMILES string of the molecule is CC[C@@H](C(=O)NC(C)(C)c1nn(C)c2cc(F)ccc12)C1(C)CCNC1. The van der Waals surface area contributed by atoms with E-state index in [-0.39, 0.29) is 23.1 Å². The van der Waals surface area contributed by atoms with Crippen LogP contribution in [0.2, 0.25) is 0 Å². The summed E-state index contributed by atoms with van der Waals surface area (Å²) in [5, 5.41) is 12.0. The van der Waals surface area contributed by atoms with Gasteiger partial charge in [-0.25, -0.2) is 4.39 Å². The molecule has 2 atom stereocenters. The average Bonchev–Trinajstić information content (AvgIpc) is 3.13. The Morgan fingerprint density at radius 2 is 2.23 bits per heavy atom. The minimum atomic E-state index is -0.649. The van der Waals surface area contributed by atoms with Crippen molar-refractivity contribution in [1.29, 1.82) is 0 Å². The van der Waals surface area contributed by atoms with Crippen LogP contribution in [0.1, 0.15) is 46.2 Å². The van der Waals surface area contributed by atoms with Gasteiger partial charge in [0.05, 0.1) is 16.7 Å². The van der Waals surface area contributed by atoms with E-state index in [0.29, 0.717) is 0 Å². The number of benzene rings is 1. The van der Waals surface area contributed by atoms with E-state index in [1.54, 1.807) is 17.8 Å². The molecule has 1 aliphatic rings. The van der Waals surface area contributed by atoms with E-state index in [0.717, 1.165) is 42.5 Å². The van der Waals surface area contributed by atoms with E-state index < -0.39 is 5.54 Å². The van der Waals surface area contributed by atoms with Crippen molar-refractivity contribution in [3.8, 4) is 0 Å². The van der Waals surface area contributed by atoms with Gasteiger partial charge in [0, 0.05) is 24.9 Å². The Kier molecular flexibility index (Phi) is 4.82. The number of aryl methyl sites for hydroxylation is 1. The summed E-state index contributed by atoms with van der Waals surface area (Å²) in [6, 6.07) is 4.65. The van der Waals surface area contributed by atoms with Crippen LogP contribution in [-0.2, 0) is 17.4 Å². The summed E-state index contributed by atoms with van der Waals surface area (Å²) in [7, 11) is 1.79. The van der Waals surface area contributed by atoms with Gasteiger partial charge in [-0.3, -0.25) is 9.48 Å². The van der Waals surface area contributed by atoms with Gasteiger partial charge in [0.1, 0.15) is 5.82 Å². The summed E-state index contributed by atoms with van der Waals surface area (Å²) < 4.78 is 15.3. The second-order valence-electron chi connectivity index (χ2n) is 8.29. The quantitative estimate of drug-likeness (QED) is 0.861. The number of fused-ring (bicyclic) bond motifs is 1. The number of amides is 1. The third kappa shape index (κ3) is 3.22. The fourth-order valence-corrected chi connectivity index (χ4v) is 4.27. The molecular weight excluding hydrogens is 331 g/mol. The summed E-state index contributed by atoms with van der Waals surface area (Å²) in [5.41, 5.74) is 0.809. The predicted octanol–water partition coefficient (Wildman–Crippen LogP) is 3.09. The topological polar surface area (TPSA) is 59.0 Å². The number of carbonyl (C=O) groups excluding carboxylic acids is 1. The molecule has 5 nitrogen and oxygen atoms in total. The molecule has 142 valence electrons. The molecule has 2 heterocycles. The van der Waals surface area contributed by atoms with Crippen LogP contribution in [-0.4, -0.2) is 28.8 Å². The van der Waals surface area contributed by atoms with Gasteiger partial charge in [0.25, 0.3) is 0 Å². The molecule has 1 aliphatic heterocycles. The highest BCUT2D eigenvalue weighted by molar-refractivity contribution is 5.85. The van der Waals surface area contributed by atoms with E-state index in [1.807, 2.05) is 13.8 Å². The second kappa shape index (κ2) is 6.65. The maximum Gasteiger partial charge on any atom is 0.224 e. The molecule has 1 aromatic heterocycles. The minimum Gasteiger partial charge on any atom is -0.345 e. The molecule has 2 N–H and O–H groups in total. The minimum absolute atomic E-state index is 0.0236. The van der Waals surface area contributed by atoms with Crippen LogP contribution in [0.4, 0.5) is 4.39 Å². The Balaban J connectivity index is 1.90. The van der Waals surface area contributed by atoms with Crippen LogP contribution in [0.5, 0.6) is 0 Å². The number of nitrogens with one attached hydrogen (secondary N) is 2. The van der Waals surface area contributed by atoms with Gasteiger partial charge in [0.15, 0.2) is 0 Å². The Morgan fingerprint density at radius 3 is 2.85 bits per heavy atom. The molecule has 0 aliphatic carbocycles. The Labute approximate surface area is 154 Å². The Bertz CT molecular complexity index is 821. The highest BCUT2D eigenvalue weighted by Gasteiger charge is 2.42. The smallest absolute Gasteiger partial charge is 0.224 e. The van der Waals surface area contributed by atoms with Crippen LogP contribution in [0.15, 0.2) is 18.2 Å². The molecule has 1 saturated heterocycles. The third-order valence-electron chi connectivity index (χ3n) is 5.81. The molecule has 1 fully saturated rings. The predicted molar refractivity (Wildman–Crippen MR) is 101 cm³/mol. The van der Waals surface area contributed by atoms with Crippen LogP contribution in [0, 0.1) is 17.2 Å². The number of rotatable bonds is 5. The zero-order valence-corrected chi connectivity index (χ0v) is 16.3. The lowest BCUT2D eigenvalue weighted by molar-refractivity contribution is -0.130. The van der Waals surface area contributed by atoms with Crippen molar-refractivity contribution in [1.82, 2.24) is 20.4 Å². The van der Waals surface area contributed by atoms with Crippen molar-refractivity contribution >= 4 is 16.8 Å². The second-order valence-corrected chi connectivity index (χ2v) is 8.29. The molecule has 26 heavy (non-hydrogen) atoms. The van der Waals surface area contributed by atoms with Gasteiger partial charge in [-0.2, -0.15) is 5.10 Å². The highest BCUT2D eigenvalue weighted by atomic mass is 19.1. The molecule has 1 amide bonds. The number of halogens is 1. The lowest BCUT2D eigenvalue weighted by Gasteiger charge is -2.35. The van der Waals surface area contributed by atoms with Crippen molar-refractivity contribution < 1.29 is 9.18 Å². The van der Waals surface area contributed by atoms with Crippen molar-refractivity contribution in [2.45, 2.75) is 46.1 Å². The van der Waals surface area contributed by atoms with E-state index in [4.69, 9.17) is 0 Å². The summed E-state index contributed by atoms with van der Waals surface area (Å²) in [6.07, 6.45) is 1.80. The number of aromatic nitrogens is 2. The number of hydrogen-bond donors (Lipinski definition) is 2. The van der Waals surface area contributed by atoms with E-state index in [9.17, 15) is 9.18 Å². The monoisotopic (exact) mass is 360 g/mol. The molecule has 0 bridgehead atoms. The first-order valence-electron chi connectivity index (χ1n) is 9.33. The molecule has 0 spiro atoms. The van der Waals surface area contributed by atoms with Crippen LogP contribution < -0.4 is 10.6 Å². The van der Waals surface area contributed by atoms with Crippen molar-refractivity contribution in [3.63, 3.8) is 0 Å². The number of carbonyl (C=O) groups is 1.